The Kier molecular flexibility index (Phi) is 4.59. The number of aromatic nitrogens is 3. The lowest BCUT2D eigenvalue weighted by atomic mass is 9.95. The number of hydrogen-bond donors (Lipinski definition) is 1. The molecule has 0 unspecified atom stereocenters. The van der Waals surface area contributed by atoms with E-state index < -0.39 is 5.60 Å². The molecule has 0 fully saturated rings. The van der Waals surface area contributed by atoms with E-state index in [0.29, 0.717) is 11.6 Å². The molecule has 0 aliphatic carbocycles. The summed E-state index contributed by atoms with van der Waals surface area (Å²) in [7, 11) is 3.30. The van der Waals surface area contributed by atoms with Crippen molar-refractivity contribution in [3.8, 4) is 0 Å². The topological polar surface area (TPSA) is 69.0 Å². The average Bonchev–Trinajstić information content (AvgIpc) is 2.91. The Hall–Kier alpha value is -1.92. The predicted octanol–water partition coefficient (Wildman–Crippen LogP) is 1.76. The van der Waals surface area contributed by atoms with E-state index >= 15 is 0 Å². The van der Waals surface area contributed by atoms with Crippen molar-refractivity contribution in [1.82, 2.24) is 20.3 Å². The van der Waals surface area contributed by atoms with Gasteiger partial charge in [0.2, 0.25) is 0 Å². The van der Waals surface area contributed by atoms with E-state index in [9.17, 15) is 4.79 Å². The fourth-order valence-corrected chi connectivity index (χ4v) is 2.09. The summed E-state index contributed by atoms with van der Waals surface area (Å²) in [5.74, 6) is -0.298. The van der Waals surface area contributed by atoms with Gasteiger partial charge in [-0.1, -0.05) is 28.9 Å². The Morgan fingerprint density at radius 3 is 2.86 bits per heavy atom. The van der Waals surface area contributed by atoms with Crippen LogP contribution in [0.4, 0.5) is 0 Å². The molecule has 1 atom stereocenters. The number of nitrogens with one attached hydrogen (secondary N) is 1. The lowest BCUT2D eigenvalue weighted by Gasteiger charge is -2.29. The van der Waals surface area contributed by atoms with Crippen LogP contribution in [0.3, 0.4) is 0 Å². The first-order valence-corrected chi connectivity index (χ1v) is 6.78. The molecule has 0 aliphatic rings. The van der Waals surface area contributed by atoms with Crippen molar-refractivity contribution >= 4 is 17.5 Å². The summed E-state index contributed by atoms with van der Waals surface area (Å²) in [6.45, 7) is 2.18. The molecule has 0 saturated heterocycles. The molecular formula is C14H17ClN4O2. The highest BCUT2D eigenvalue weighted by Crippen LogP contribution is 2.26. The number of amides is 1. The van der Waals surface area contributed by atoms with Crippen molar-refractivity contribution in [1.29, 1.82) is 0 Å². The number of halogens is 1. The fourth-order valence-electron chi connectivity index (χ4n) is 1.90. The van der Waals surface area contributed by atoms with Crippen molar-refractivity contribution in [2.24, 2.45) is 7.05 Å². The zero-order valence-electron chi connectivity index (χ0n) is 12.1. The van der Waals surface area contributed by atoms with Crippen molar-refractivity contribution < 1.29 is 9.53 Å². The molecule has 0 bridgehead atoms. The summed E-state index contributed by atoms with van der Waals surface area (Å²) in [6.07, 6.45) is 1.55. The number of benzene rings is 1. The van der Waals surface area contributed by atoms with Gasteiger partial charge < -0.3 is 10.1 Å². The van der Waals surface area contributed by atoms with Crippen LogP contribution in [0.2, 0.25) is 5.02 Å². The van der Waals surface area contributed by atoms with Crippen molar-refractivity contribution in [3.05, 3.63) is 46.7 Å². The van der Waals surface area contributed by atoms with Gasteiger partial charge in [-0.3, -0.25) is 9.48 Å². The third kappa shape index (κ3) is 3.59. The van der Waals surface area contributed by atoms with E-state index in [1.807, 2.05) is 25.1 Å². The molecule has 1 amide bonds. The van der Waals surface area contributed by atoms with Gasteiger partial charge in [0, 0.05) is 19.2 Å². The average molecular weight is 309 g/mol. The quantitative estimate of drug-likeness (QED) is 0.914. The van der Waals surface area contributed by atoms with E-state index in [0.717, 1.165) is 5.56 Å². The highest BCUT2D eigenvalue weighted by Gasteiger charge is 2.27. The summed E-state index contributed by atoms with van der Waals surface area (Å²) in [6, 6.07) is 7.36. The number of carbonyl (C=O) groups excluding carboxylic acids is 1. The van der Waals surface area contributed by atoms with Crippen LogP contribution in [0, 0.1) is 0 Å². The number of carbonyl (C=O) groups is 1. The molecule has 0 spiro atoms. The first-order valence-electron chi connectivity index (χ1n) is 6.40. The van der Waals surface area contributed by atoms with Crippen LogP contribution < -0.4 is 5.32 Å². The maximum atomic E-state index is 12.0. The summed E-state index contributed by atoms with van der Waals surface area (Å²) < 4.78 is 7.03. The minimum absolute atomic E-state index is 0.266. The molecule has 6 nitrogen and oxygen atoms in total. The van der Waals surface area contributed by atoms with E-state index in [1.165, 1.54) is 4.68 Å². The monoisotopic (exact) mass is 308 g/mol. The number of ether oxygens (including phenoxy) is 1. The molecule has 1 heterocycles. The third-order valence-corrected chi connectivity index (χ3v) is 3.54. The van der Waals surface area contributed by atoms with Crippen molar-refractivity contribution in [3.63, 3.8) is 0 Å². The van der Waals surface area contributed by atoms with Gasteiger partial charge in [0.25, 0.3) is 5.91 Å². The van der Waals surface area contributed by atoms with Gasteiger partial charge in [-0.25, -0.2) is 0 Å². The molecule has 0 saturated carbocycles. The number of rotatable bonds is 5. The largest absolute Gasteiger partial charge is 0.372 e. The van der Waals surface area contributed by atoms with Crippen LogP contribution in [-0.2, 0) is 17.4 Å². The van der Waals surface area contributed by atoms with Gasteiger partial charge in [-0.05, 0) is 24.6 Å². The molecule has 21 heavy (non-hydrogen) atoms. The highest BCUT2D eigenvalue weighted by molar-refractivity contribution is 6.30. The zero-order valence-corrected chi connectivity index (χ0v) is 12.9. The predicted molar refractivity (Wildman–Crippen MR) is 79.1 cm³/mol. The highest BCUT2D eigenvalue weighted by atomic mass is 35.5. The van der Waals surface area contributed by atoms with Crippen LogP contribution in [0.1, 0.15) is 23.0 Å². The molecule has 0 aliphatic heterocycles. The Balaban J connectivity index is 2.10. The van der Waals surface area contributed by atoms with Crippen molar-refractivity contribution in [2.75, 3.05) is 13.7 Å². The minimum atomic E-state index is -0.678. The third-order valence-electron chi connectivity index (χ3n) is 3.31. The Morgan fingerprint density at radius 1 is 1.52 bits per heavy atom. The summed E-state index contributed by atoms with van der Waals surface area (Å²) in [4.78, 5) is 12.0. The van der Waals surface area contributed by atoms with Gasteiger partial charge in [-0.15, -0.1) is 5.10 Å². The fraction of sp³-hybridized carbons (Fsp3) is 0.357. The number of methoxy groups -OCH3 is 1. The van der Waals surface area contributed by atoms with Gasteiger partial charge in [0.15, 0.2) is 5.69 Å². The van der Waals surface area contributed by atoms with Crippen LogP contribution in [0.15, 0.2) is 30.5 Å². The molecule has 0 radical (unpaired) electrons. The van der Waals surface area contributed by atoms with Gasteiger partial charge in [0.1, 0.15) is 5.60 Å². The first kappa shape index (κ1) is 15.5. The first-order chi connectivity index (χ1) is 9.94. The lowest BCUT2D eigenvalue weighted by molar-refractivity contribution is 0.00311. The number of hydrogen-bond acceptors (Lipinski definition) is 4. The minimum Gasteiger partial charge on any atom is -0.372 e. The molecule has 7 heteroatoms. The Bertz CT molecular complexity index is 643. The molecule has 1 aromatic carbocycles. The van der Waals surface area contributed by atoms with E-state index in [1.54, 1.807) is 26.4 Å². The smallest absolute Gasteiger partial charge is 0.273 e. The van der Waals surface area contributed by atoms with Crippen LogP contribution >= 0.6 is 11.6 Å². The second-order valence-electron chi connectivity index (χ2n) is 4.91. The molecular weight excluding hydrogens is 292 g/mol. The maximum Gasteiger partial charge on any atom is 0.273 e. The summed E-state index contributed by atoms with van der Waals surface area (Å²) >= 11 is 6.01. The molecule has 2 rings (SSSR count). The van der Waals surface area contributed by atoms with Crippen LogP contribution in [0.5, 0.6) is 0 Å². The summed E-state index contributed by atoms with van der Waals surface area (Å²) in [5, 5.41) is 10.9. The van der Waals surface area contributed by atoms with E-state index in [4.69, 9.17) is 16.3 Å². The van der Waals surface area contributed by atoms with E-state index in [2.05, 4.69) is 15.6 Å². The van der Waals surface area contributed by atoms with E-state index in [-0.39, 0.29) is 11.6 Å². The van der Waals surface area contributed by atoms with Gasteiger partial charge in [-0.2, -0.15) is 0 Å². The second kappa shape index (κ2) is 6.24. The molecule has 112 valence electrons. The molecule has 1 N–H and O–H groups in total. The van der Waals surface area contributed by atoms with Gasteiger partial charge in [0.05, 0.1) is 12.7 Å². The molecule has 2 aromatic rings. The SMILES string of the molecule is CO[C@](C)(CNC(=O)c1cn(C)nn1)c1cccc(Cl)c1. The number of aryl methyl sites for hydroxylation is 1. The summed E-state index contributed by atoms with van der Waals surface area (Å²) in [5.41, 5.74) is 0.474. The van der Waals surface area contributed by atoms with Crippen LogP contribution in [0.25, 0.3) is 0 Å². The maximum absolute atomic E-state index is 12.0. The molecule has 1 aromatic heterocycles. The Morgan fingerprint density at radius 2 is 2.29 bits per heavy atom. The van der Waals surface area contributed by atoms with Gasteiger partial charge >= 0.3 is 0 Å². The Labute approximate surface area is 128 Å². The lowest BCUT2D eigenvalue weighted by Crippen LogP contribution is -2.40. The van der Waals surface area contributed by atoms with Crippen LogP contribution in [-0.4, -0.2) is 34.6 Å². The normalized spacial score (nSPS) is 13.7. The number of nitrogens with zero attached hydrogens (tertiary/aromatic N) is 3. The zero-order chi connectivity index (χ0) is 15.5. The van der Waals surface area contributed by atoms with Crippen molar-refractivity contribution in [2.45, 2.75) is 12.5 Å². The second-order valence-corrected chi connectivity index (χ2v) is 5.34. The standard InChI is InChI=1S/C14H17ClN4O2/c1-14(21-3,10-5-4-6-11(15)7-10)9-16-13(20)12-8-19(2)18-17-12/h4-8H,9H2,1-3H3,(H,16,20)/t14-/m1/s1.